The first kappa shape index (κ1) is 15.9. The van der Waals surface area contributed by atoms with Gasteiger partial charge in [0.05, 0.1) is 24.5 Å². The van der Waals surface area contributed by atoms with Gasteiger partial charge in [-0.2, -0.15) is 5.10 Å². The number of hydrogen-bond donors (Lipinski definition) is 1. The Morgan fingerprint density at radius 2 is 2.28 bits per heavy atom. The molecule has 4 rings (SSSR count). The van der Waals surface area contributed by atoms with Crippen LogP contribution in [0.2, 0.25) is 0 Å². The molecule has 6 nitrogen and oxygen atoms in total. The molecule has 1 saturated heterocycles. The zero-order chi connectivity index (χ0) is 17.4. The standard InChI is InChI=1S/C19H21N3O3/c1-12-5-3-7-16-13(2)18(25-17(12)16)19(23)21-14-9-20-22(10-14)11-15-6-4-8-24-15/h3,5,7,9-10,15H,4,6,8,11H2,1-2H3,(H,21,23). The molecule has 0 spiro atoms. The number of carbonyl (C=O) groups is 1. The van der Waals surface area contributed by atoms with E-state index < -0.39 is 0 Å². The molecule has 1 N–H and O–H groups in total. The number of para-hydroxylation sites is 1. The van der Waals surface area contributed by atoms with E-state index in [4.69, 9.17) is 9.15 Å². The minimum Gasteiger partial charge on any atom is -0.450 e. The molecule has 0 aliphatic carbocycles. The minimum atomic E-state index is -0.259. The summed E-state index contributed by atoms with van der Waals surface area (Å²) in [5, 5.41) is 8.14. The van der Waals surface area contributed by atoms with Gasteiger partial charge in [0, 0.05) is 23.8 Å². The first-order valence-electron chi connectivity index (χ1n) is 8.56. The summed E-state index contributed by atoms with van der Waals surface area (Å²) in [5.41, 5.74) is 3.28. The summed E-state index contributed by atoms with van der Waals surface area (Å²) in [5.74, 6) is 0.0842. The molecule has 6 heteroatoms. The summed E-state index contributed by atoms with van der Waals surface area (Å²) in [6.07, 6.45) is 5.84. The van der Waals surface area contributed by atoms with Gasteiger partial charge in [-0.25, -0.2) is 0 Å². The molecule has 1 amide bonds. The molecule has 1 aliphatic heterocycles. The molecule has 1 aromatic carbocycles. The van der Waals surface area contributed by atoms with Gasteiger partial charge in [0.25, 0.3) is 5.91 Å². The molecule has 1 fully saturated rings. The van der Waals surface area contributed by atoms with Crippen LogP contribution in [0.1, 0.15) is 34.5 Å². The number of benzene rings is 1. The van der Waals surface area contributed by atoms with E-state index in [1.54, 1.807) is 10.9 Å². The second-order valence-electron chi connectivity index (χ2n) is 6.55. The second kappa shape index (κ2) is 6.37. The molecule has 0 saturated carbocycles. The number of aromatic nitrogens is 2. The van der Waals surface area contributed by atoms with Crippen LogP contribution in [0.25, 0.3) is 11.0 Å². The minimum absolute atomic E-state index is 0.212. The second-order valence-corrected chi connectivity index (χ2v) is 6.55. The van der Waals surface area contributed by atoms with Crippen molar-refractivity contribution < 1.29 is 13.9 Å². The molecule has 130 valence electrons. The van der Waals surface area contributed by atoms with Crippen molar-refractivity contribution in [2.75, 3.05) is 11.9 Å². The third-order valence-electron chi connectivity index (χ3n) is 4.67. The summed E-state index contributed by atoms with van der Waals surface area (Å²) in [7, 11) is 0. The first-order chi connectivity index (χ1) is 12.1. The Hall–Kier alpha value is -2.60. The van der Waals surface area contributed by atoms with Crippen LogP contribution < -0.4 is 5.32 Å². The molecule has 0 radical (unpaired) electrons. The zero-order valence-electron chi connectivity index (χ0n) is 14.4. The van der Waals surface area contributed by atoms with Gasteiger partial charge < -0.3 is 14.5 Å². The molecule has 1 aliphatic rings. The Balaban J connectivity index is 1.51. The lowest BCUT2D eigenvalue weighted by molar-refractivity contribution is 0.0940. The molecule has 2 aromatic heterocycles. The van der Waals surface area contributed by atoms with Crippen molar-refractivity contribution in [1.82, 2.24) is 9.78 Å². The number of fused-ring (bicyclic) bond motifs is 1. The lowest BCUT2D eigenvalue weighted by Gasteiger charge is -2.08. The number of furan rings is 1. The summed E-state index contributed by atoms with van der Waals surface area (Å²) in [6, 6.07) is 5.91. The number of amides is 1. The number of ether oxygens (including phenoxy) is 1. The van der Waals surface area contributed by atoms with Crippen LogP contribution in [0.4, 0.5) is 5.69 Å². The van der Waals surface area contributed by atoms with E-state index in [9.17, 15) is 4.79 Å². The molecular formula is C19H21N3O3. The highest BCUT2D eigenvalue weighted by Crippen LogP contribution is 2.28. The molecule has 25 heavy (non-hydrogen) atoms. The molecule has 3 heterocycles. The van der Waals surface area contributed by atoms with Crippen molar-refractivity contribution in [1.29, 1.82) is 0 Å². The maximum Gasteiger partial charge on any atom is 0.291 e. The monoisotopic (exact) mass is 339 g/mol. The van der Waals surface area contributed by atoms with Gasteiger partial charge >= 0.3 is 0 Å². The van der Waals surface area contributed by atoms with E-state index in [1.165, 1.54) is 0 Å². The van der Waals surface area contributed by atoms with Crippen LogP contribution in [-0.4, -0.2) is 28.4 Å². The van der Waals surface area contributed by atoms with Gasteiger partial charge in [0.1, 0.15) is 5.58 Å². The van der Waals surface area contributed by atoms with E-state index in [-0.39, 0.29) is 12.0 Å². The Bertz CT molecular complexity index is 919. The predicted molar refractivity (Wildman–Crippen MR) is 94.8 cm³/mol. The molecule has 1 atom stereocenters. The Morgan fingerprint density at radius 3 is 3.04 bits per heavy atom. The van der Waals surface area contributed by atoms with Crippen LogP contribution in [0.3, 0.4) is 0 Å². The maximum absolute atomic E-state index is 12.6. The van der Waals surface area contributed by atoms with E-state index in [2.05, 4.69) is 10.4 Å². The maximum atomic E-state index is 12.6. The smallest absolute Gasteiger partial charge is 0.291 e. The number of nitrogens with zero attached hydrogens (tertiary/aromatic N) is 2. The number of rotatable bonds is 4. The third kappa shape index (κ3) is 3.05. The lowest BCUT2D eigenvalue weighted by atomic mass is 10.1. The van der Waals surface area contributed by atoms with Crippen LogP contribution in [0.5, 0.6) is 0 Å². The van der Waals surface area contributed by atoms with Crippen molar-refractivity contribution in [2.45, 2.75) is 39.3 Å². The molecule has 1 unspecified atom stereocenters. The van der Waals surface area contributed by atoms with Crippen molar-refractivity contribution in [3.8, 4) is 0 Å². The van der Waals surface area contributed by atoms with Gasteiger partial charge in [0.2, 0.25) is 0 Å². The average Bonchev–Trinajstić information content (AvgIpc) is 3.31. The number of nitrogens with one attached hydrogen (secondary N) is 1. The molecule has 0 bridgehead atoms. The number of carbonyl (C=O) groups excluding carboxylic acids is 1. The van der Waals surface area contributed by atoms with Crippen LogP contribution in [-0.2, 0) is 11.3 Å². The Labute approximate surface area is 145 Å². The van der Waals surface area contributed by atoms with Gasteiger partial charge in [-0.1, -0.05) is 18.2 Å². The Morgan fingerprint density at radius 1 is 1.40 bits per heavy atom. The van der Waals surface area contributed by atoms with Crippen molar-refractivity contribution >= 4 is 22.6 Å². The summed E-state index contributed by atoms with van der Waals surface area (Å²) < 4.78 is 13.2. The SMILES string of the molecule is Cc1c(C(=O)Nc2cnn(CC3CCCO3)c2)oc2c(C)cccc12. The van der Waals surface area contributed by atoms with E-state index in [1.807, 2.05) is 38.2 Å². The highest BCUT2D eigenvalue weighted by Gasteiger charge is 2.20. The van der Waals surface area contributed by atoms with Gasteiger partial charge in [0.15, 0.2) is 5.76 Å². The van der Waals surface area contributed by atoms with Gasteiger partial charge in [-0.15, -0.1) is 0 Å². The number of anilines is 1. The highest BCUT2D eigenvalue weighted by molar-refractivity contribution is 6.06. The van der Waals surface area contributed by atoms with Crippen molar-refractivity contribution in [3.63, 3.8) is 0 Å². The largest absolute Gasteiger partial charge is 0.450 e. The van der Waals surface area contributed by atoms with Crippen LogP contribution in [0, 0.1) is 13.8 Å². The fourth-order valence-electron chi connectivity index (χ4n) is 3.31. The van der Waals surface area contributed by atoms with Crippen LogP contribution >= 0.6 is 0 Å². The van der Waals surface area contributed by atoms with E-state index in [0.29, 0.717) is 18.0 Å². The van der Waals surface area contributed by atoms with E-state index >= 15 is 0 Å². The number of aryl methyl sites for hydroxylation is 2. The average molecular weight is 339 g/mol. The Kier molecular flexibility index (Phi) is 4.05. The summed E-state index contributed by atoms with van der Waals surface area (Å²) >= 11 is 0. The van der Waals surface area contributed by atoms with Crippen molar-refractivity contribution in [3.05, 3.63) is 47.5 Å². The quantitative estimate of drug-likeness (QED) is 0.787. The normalized spacial score (nSPS) is 17.3. The summed E-state index contributed by atoms with van der Waals surface area (Å²) in [6.45, 7) is 5.40. The fraction of sp³-hybridized carbons (Fsp3) is 0.368. The molecular weight excluding hydrogens is 318 g/mol. The fourth-order valence-corrected chi connectivity index (χ4v) is 3.31. The predicted octanol–water partition coefficient (Wildman–Crippen LogP) is 3.68. The van der Waals surface area contributed by atoms with Gasteiger partial charge in [-0.3, -0.25) is 9.48 Å². The van der Waals surface area contributed by atoms with Gasteiger partial charge in [-0.05, 0) is 32.3 Å². The topological polar surface area (TPSA) is 69.3 Å². The highest BCUT2D eigenvalue weighted by atomic mass is 16.5. The summed E-state index contributed by atoms with van der Waals surface area (Å²) in [4.78, 5) is 12.6. The van der Waals surface area contributed by atoms with Crippen molar-refractivity contribution in [2.24, 2.45) is 0 Å². The first-order valence-corrected chi connectivity index (χ1v) is 8.56. The molecule has 3 aromatic rings. The zero-order valence-corrected chi connectivity index (χ0v) is 14.4. The van der Waals surface area contributed by atoms with E-state index in [0.717, 1.165) is 41.5 Å². The lowest BCUT2D eigenvalue weighted by Crippen LogP contribution is -2.15. The number of hydrogen-bond acceptors (Lipinski definition) is 4. The third-order valence-corrected chi connectivity index (χ3v) is 4.67. The van der Waals surface area contributed by atoms with Crippen LogP contribution in [0.15, 0.2) is 35.0 Å².